The molecule has 1 saturated carbocycles. The van der Waals surface area contributed by atoms with Crippen molar-refractivity contribution in [1.29, 1.82) is 0 Å². The van der Waals surface area contributed by atoms with Gasteiger partial charge in [-0.2, -0.15) is 0 Å². The van der Waals surface area contributed by atoms with E-state index in [9.17, 15) is 9.90 Å². The van der Waals surface area contributed by atoms with Crippen LogP contribution in [0.5, 0.6) is 5.75 Å². The first-order valence-corrected chi connectivity index (χ1v) is 13.3. The van der Waals surface area contributed by atoms with Gasteiger partial charge < -0.3 is 9.84 Å². The Morgan fingerprint density at radius 3 is 2.26 bits per heavy atom. The van der Waals surface area contributed by atoms with Crippen molar-refractivity contribution in [2.75, 3.05) is 13.1 Å². The standard InChI is InChI=1S/C30H43NO3/c1-6-27(31-17-15-30(5,16-18-31)28(32)33)23-8-7-22-20-26(12-9-21(22)19-23)34-25-13-10-24(11-14-25)29(2,3)4/h7-9,12,19-20,24-25,27H,6,10-11,13-18H2,1-5H3,(H,32,33). The molecule has 1 atom stereocenters. The van der Waals surface area contributed by atoms with Crippen molar-refractivity contribution < 1.29 is 14.6 Å². The number of carbonyl (C=O) groups is 1. The van der Waals surface area contributed by atoms with E-state index in [4.69, 9.17) is 4.74 Å². The van der Waals surface area contributed by atoms with Crippen LogP contribution in [0.1, 0.15) is 91.2 Å². The molecule has 1 saturated heterocycles. The van der Waals surface area contributed by atoms with Crippen LogP contribution in [-0.2, 0) is 4.79 Å². The Bertz CT molecular complexity index is 992. The Hall–Kier alpha value is -2.07. The number of fused-ring (bicyclic) bond motifs is 1. The highest BCUT2D eigenvalue weighted by molar-refractivity contribution is 5.84. The molecular formula is C30H43NO3. The van der Waals surface area contributed by atoms with Gasteiger partial charge in [0.1, 0.15) is 5.75 Å². The summed E-state index contributed by atoms with van der Waals surface area (Å²) in [4.78, 5) is 14.1. The van der Waals surface area contributed by atoms with E-state index in [1.807, 2.05) is 6.92 Å². The number of carboxylic acid groups (broad SMARTS) is 1. The predicted octanol–water partition coefficient (Wildman–Crippen LogP) is 7.46. The number of likely N-dealkylation sites (tertiary alicyclic amines) is 1. The molecule has 1 unspecified atom stereocenters. The van der Waals surface area contributed by atoms with E-state index in [0.29, 0.717) is 30.4 Å². The third-order valence-corrected chi connectivity index (χ3v) is 8.67. The molecule has 2 aromatic rings. The average molecular weight is 466 g/mol. The number of ether oxygens (including phenoxy) is 1. The number of carboxylic acids is 1. The van der Waals surface area contributed by atoms with Gasteiger partial charge in [0.15, 0.2) is 0 Å². The molecule has 4 nitrogen and oxygen atoms in total. The predicted molar refractivity (Wildman–Crippen MR) is 139 cm³/mol. The molecule has 0 aromatic heterocycles. The van der Waals surface area contributed by atoms with Crippen LogP contribution in [0.4, 0.5) is 0 Å². The van der Waals surface area contributed by atoms with E-state index < -0.39 is 11.4 Å². The molecule has 2 fully saturated rings. The van der Waals surface area contributed by atoms with Crippen LogP contribution >= 0.6 is 0 Å². The second-order valence-corrected chi connectivity index (χ2v) is 12.1. The number of piperidine rings is 1. The molecule has 2 aliphatic rings. The summed E-state index contributed by atoms with van der Waals surface area (Å²) in [5.74, 6) is 1.12. The molecule has 4 heteroatoms. The largest absolute Gasteiger partial charge is 0.490 e. The molecule has 1 aliphatic heterocycles. The van der Waals surface area contributed by atoms with Gasteiger partial charge in [0, 0.05) is 6.04 Å². The summed E-state index contributed by atoms with van der Waals surface area (Å²) in [5, 5.41) is 12.0. The summed E-state index contributed by atoms with van der Waals surface area (Å²) in [7, 11) is 0. The Morgan fingerprint density at radius 1 is 1.06 bits per heavy atom. The zero-order valence-corrected chi connectivity index (χ0v) is 21.8. The van der Waals surface area contributed by atoms with Gasteiger partial charge in [-0.3, -0.25) is 9.69 Å². The first-order chi connectivity index (χ1) is 16.1. The van der Waals surface area contributed by atoms with Gasteiger partial charge in [0.25, 0.3) is 0 Å². The van der Waals surface area contributed by atoms with Gasteiger partial charge in [-0.15, -0.1) is 0 Å². The number of rotatable bonds is 6. The fourth-order valence-corrected chi connectivity index (χ4v) is 6.01. The minimum Gasteiger partial charge on any atom is -0.490 e. The molecule has 1 heterocycles. The van der Waals surface area contributed by atoms with E-state index in [1.165, 1.54) is 29.2 Å². The maximum Gasteiger partial charge on any atom is 0.309 e. The number of aliphatic carboxylic acids is 1. The van der Waals surface area contributed by atoms with Crippen LogP contribution in [-0.4, -0.2) is 35.2 Å². The van der Waals surface area contributed by atoms with E-state index >= 15 is 0 Å². The van der Waals surface area contributed by atoms with Crippen LogP contribution in [0.3, 0.4) is 0 Å². The topological polar surface area (TPSA) is 49.8 Å². The first kappa shape index (κ1) is 25.0. The highest BCUT2D eigenvalue weighted by Gasteiger charge is 2.38. The zero-order valence-electron chi connectivity index (χ0n) is 21.8. The minimum atomic E-state index is -0.661. The van der Waals surface area contributed by atoms with Crippen molar-refractivity contribution >= 4 is 16.7 Å². The molecule has 0 bridgehead atoms. The molecule has 0 spiro atoms. The fraction of sp³-hybridized carbons (Fsp3) is 0.633. The van der Waals surface area contributed by atoms with Gasteiger partial charge in [0.2, 0.25) is 0 Å². The van der Waals surface area contributed by atoms with Gasteiger partial charge in [-0.1, -0.05) is 45.9 Å². The lowest BCUT2D eigenvalue weighted by Gasteiger charge is -2.40. The van der Waals surface area contributed by atoms with E-state index in [2.05, 4.69) is 69.0 Å². The number of nitrogens with zero attached hydrogens (tertiary/aromatic N) is 1. The van der Waals surface area contributed by atoms with Crippen LogP contribution in [0.25, 0.3) is 10.8 Å². The third-order valence-electron chi connectivity index (χ3n) is 8.67. The van der Waals surface area contributed by atoms with E-state index in [-0.39, 0.29) is 0 Å². The van der Waals surface area contributed by atoms with Crippen molar-refractivity contribution in [3.8, 4) is 5.75 Å². The molecule has 4 rings (SSSR count). The zero-order chi connectivity index (χ0) is 24.5. The normalized spacial score (nSPS) is 24.6. The van der Waals surface area contributed by atoms with Crippen molar-refractivity contribution in [1.82, 2.24) is 4.90 Å². The van der Waals surface area contributed by atoms with Crippen molar-refractivity contribution in [2.24, 2.45) is 16.7 Å². The lowest BCUT2D eigenvalue weighted by molar-refractivity contribution is -0.151. The lowest BCUT2D eigenvalue weighted by atomic mass is 9.72. The maximum atomic E-state index is 11.6. The number of hydrogen-bond acceptors (Lipinski definition) is 3. The quantitative estimate of drug-likeness (QED) is 0.481. The number of hydrogen-bond donors (Lipinski definition) is 1. The molecular weight excluding hydrogens is 422 g/mol. The molecule has 186 valence electrons. The Morgan fingerprint density at radius 2 is 1.68 bits per heavy atom. The minimum absolute atomic E-state index is 0.329. The van der Waals surface area contributed by atoms with Gasteiger partial charge in [-0.25, -0.2) is 0 Å². The lowest BCUT2D eigenvalue weighted by Crippen LogP contribution is -2.44. The Kier molecular flexibility index (Phi) is 7.28. The Balaban J connectivity index is 1.42. The molecule has 0 amide bonds. The summed E-state index contributed by atoms with van der Waals surface area (Å²) >= 11 is 0. The van der Waals surface area contributed by atoms with Crippen LogP contribution in [0, 0.1) is 16.7 Å². The fourth-order valence-electron chi connectivity index (χ4n) is 6.01. The summed E-state index contributed by atoms with van der Waals surface area (Å²) in [5.41, 5.74) is 1.13. The van der Waals surface area contributed by atoms with Gasteiger partial charge >= 0.3 is 5.97 Å². The SMILES string of the molecule is CCC(c1ccc2cc(OC3CCC(C(C)(C)C)CC3)ccc2c1)N1CCC(C)(C(=O)O)CC1. The average Bonchev–Trinajstić information content (AvgIpc) is 2.80. The molecule has 1 aliphatic carbocycles. The summed E-state index contributed by atoms with van der Waals surface area (Å²) in [6.45, 7) is 12.9. The third kappa shape index (κ3) is 5.43. The monoisotopic (exact) mass is 465 g/mol. The molecule has 1 N–H and O–H groups in total. The summed E-state index contributed by atoms with van der Waals surface area (Å²) in [6.07, 6.45) is 7.58. The maximum absolute atomic E-state index is 11.6. The second kappa shape index (κ2) is 9.89. The molecule has 34 heavy (non-hydrogen) atoms. The van der Waals surface area contributed by atoms with E-state index in [0.717, 1.165) is 44.0 Å². The highest BCUT2D eigenvalue weighted by Crippen LogP contribution is 2.40. The van der Waals surface area contributed by atoms with Crippen LogP contribution < -0.4 is 4.74 Å². The van der Waals surface area contributed by atoms with Crippen molar-refractivity contribution in [3.05, 3.63) is 42.0 Å². The van der Waals surface area contributed by atoms with Crippen LogP contribution in [0.15, 0.2) is 36.4 Å². The van der Waals surface area contributed by atoms with Crippen molar-refractivity contribution in [3.63, 3.8) is 0 Å². The smallest absolute Gasteiger partial charge is 0.309 e. The summed E-state index contributed by atoms with van der Waals surface area (Å²) in [6, 6.07) is 13.6. The Labute approximate surface area is 205 Å². The highest BCUT2D eigenvalue weighted by atomic mass is 16.5. The van der Waals surface area contributed by atoms with Gasteiger partial charge in [0.05, 0.1) is 11.5 Å². The number of benzene rings is 2. The first-order valence-electron chi connectivity index (χ1n) is 13.3. The van der Waals surface area contributed by atoms with E-state index in [1.54, 1.807) is 0 Å². The molecule has 0 radical (unpaired) electrons. The second-order valence-electron chi connectivity index (χ2n) is 12.1. The van der Waals surface area contributed by atoms with Crippen molar-refractivity contribution in [2.45, 2.75) is 91.7 Å². The van der Waals surface area contributed by atoms with Crippen LogP contribution in [0.2, 0.25) is 0 Å². The van der Waals surface area contributed by atoms with Gasteiger partial charge in [-0.05, 0) is 111 Å². The molecule has 2 aromatic carbocycles. The summed E-state index contributed by atoms with van der Waals surface area (Å²) < 4.78 is 6.40.